The topological polar surface area (TPSA) is 52.6 Å². The van der Waals surface area contributed by atoms with Crippen molar-refractivity contribution in [2.75, 3.05) is 23.9 Å². The van der Waals surface area contributed by atoms with Crippen LogP contribution in [-0.4, -0.2) is 37.7 Å². The lowest BCUT2D eigenvalue weighted by Crippen LogP contribution is -2.42. The number of hydrazine groups is 1. The number of fused-ring (bicyclic) bond motifs is 1. The van der Waals surface area contributed by atoms with Gasteiger partial charge >= 0.3 is 6.18 Å². The third kappa shape index (κ3) is 5.74. The summed E-state index contributed by atoms with van der Waals surface area (Å²) in [5.41, 5.74) is 8.07. The molecular formula is C28H28F5N3O2S. The summed E-state index contributed by atoms with van der Waals surface area (Å²) in [5, 5.41) is 1.84. The molecule has 0 saturated heterocycles. The molecule has 0 saturated carbocycles. The van der Waals surface area contributed by atoms with E-state index in [1.54, 1.807) is 18.2 Å². The van der Waals surface area contributed by atoms with Crippen LogP contribution in [0.2, 0.25) is 0 Å². The van der Waals surface area contributed by atoms with Crippen molar-refractivity contribution in [3.8, 4) is 0 Å². The molecule has 0 radical (unpaired) electrons. The van der Waals surface area contributed by atoms with Gasteiger partial charge in [0, 0.05) is 30.8 Å². The Morgan fingerprint density at radius 2 is 1.79 bits per heavy atom. The lowest BCUT2D eigenvalue weighted by atomic mass is 9.80. The van der Waals surface area contributed by atoms with Gasteiger partial charge in [-0.1, -0.05) is 30.7 Å². The zero-order chi connectivity index (χ0) is 27.9. The fourth-order valence-corrected chi connectivity index (χ4v) is 7.11. The van der Waals surface area contributed by atoms with Gasteiger partial charge in [-0.05, 0) is 72.7 Å². The zero-order valence-electron chi connectivity index (χ0n) is 21.2. The molecule has 0 amide bonds. The number of anilines is 1. The second-order valence-electron chi connectivity index (χ2n) is 10.1. The third-order valence-corrected chi connectivity index (χ3v) is 9.35. The fraction of sp³-hybridized carbons (Fsp3) is 0.357. The van der Waals surface area contributed by atoms with Gasteiger partial charge in [0.05, 0.1) is 11.4 Å². The Balaban J connectivity index is 1.41. The van der Waals surface area contributed by atoms with Crippen LogP contribution < -0.4 is 10.4 Å². The molecule has 2 atom stereocenters. The van der Waals surface area contributed by atoms with Gasteiger partial charge in [0.15, 0.2) is 5.75 Å². The van der Waals surface area contributed by atoms with Crippen LogP contribution in [0.1, 0.15) is 25.3 Å². The van der Waals surface area contributed by atoms with Crippen molar-refractivity contribution in [3.63, 3.8) is 0 Å². The molecule has 5 rings (SSSR count). The molecule has 208 valence electrons. The molecule has 3 aliphatic rings. The smallest absolute Gasteiger partial charge is 0.301 e. The van der Waals surface area contributed by atoms with E-state index in [-0.39, 0.29) is 42.7 Å². The Morgan fingerprint density at radius 3 is 2.49 bits per heavy atom. The predicted molar refractivity (Wildman–Crippen MR) is 139 cm³/mol. The Labute approximate surface area is 224 Å². The molecule has 2 aromatic rings. The molecule has 0 aromatic heterocycles. The van der Waals surface area contributed by atoms with Crippen LogP contribution in [-0.2, 0) is 16.4 Å². The Kier molecular flexibility index (Phi) is 7.32. The molecule has 0 fully saturated rings. The van der Waals surface area contributed by atoms with Crippen molar-refractivity contribution < 1.29 is 30.4 Å². The molecule has 2 aliphatic carbocycles. The summed E-state index contributed by atoms with van der Waals surface area (Å²) in [6.07, 6.45) is 0.166. The van der Waals surface area contributed by atoms with Crippen LogP contribution in [0.25, 0.3) is 0 Å². The standard InChI is InChI=1S/C28H28F5N3O2S/c1-18-24-15-34-36(23-10-8-22(29)9-11-23)26(24)14-20-6-7-21(27(18)20)16-35(39(37,38)17-28(31,32)33)13-12-19-4-2-3-5-25(19)30/h2-5,8-11,14-15,18,21,34H,6-7,12-13,16-17H2,1H3/t18-,21+/m0/s1. The van der Waals surface area contributed by atoms with Gasteiger partial charge in [-0.25, -0.2) is 21.5 Å². The Hall–Kier alpha value is -3.18. The van der Waals surface area contributed by atoms with Gasteiger partial charge in [0.25, 0.3) is 0 Å². The van der Waals surface area contributed by atoms with Crippen molar-refractivity contribution in [2.24, 2.45) is 11.8 Å². The largest absolute Gasteiger partial charge is 0.404 e. The number of nitrogens with zero attached hydrogens (tertiary/aromatic N) is 2. The van der Waals surface area contributed by atoms with E-state index in [1.807, 2.05) is 24.2 Å². The number of nitrogens with one attached hydrogen (secondary N) is 1. The second kappa shape index (κ2) is 10.4. The highest BCUT2D eigenvalue weighted by Gasteiger charge is 2.42. The molecule has 2 aromatic carbocycles. The molecule has 0 spiro atoms. The van der Waals surface area contributed by atoms with Crippen LogP contribution >= 0.6 is 0 Å². The lowest BCUT2D eigenvalue weighted by Gasteiger charge is -2.32. The number of rotatable bonds is 8. The van der Waals surface area contributed by atoms with Crippen molar-refractivity contribution in [1.29, 1.82) is 0 Å². The number of hydrogen-bond acceptors (Lipinski definition) is 4. The third-order valence-electron chi connectivity index (χ3n) is 7.54. The molecule has 39 heavy (non-hydrogen) atoms. The molecule has 0 unspecified atom stereocenters. The van der Waals surface area contributed by atoms with Gasteiger partial charge in [-0.3, -0.25) is 5.01 Å². The van der Waals surface area contributed by atoms with Crippen molar-refractivity contribution >= 4 is 15.7 Å². The highest BCUT2D eigenvalue weighted by atomic mass is 32.2. The first-order chi connectivity index (χ1) is 18.4. The Morgan fingerprint density at radius 1 is 1.08 bits per heavy atom. The summed E-state index contributed by atoms with van der Waals surface area (Å²) in [4.78, 5) is 0. The number of hydrogen-bond donors (Lipinski definition) is 1. The van der Waals surface area contributed by atoms with Crippen molar-refractivity contribution in [3.05, 3.63) is 100 Å². The quantitative estimate of drug-likeness (QED) is 0.408. The van der Waals surface area contributed by atoms with Crippen LogP contribution in [0.5, 0.6) is 0 Å². The van der Waals surface area contributed by atoms with Gasteiger partial charge < -0.3 is 5.43 Å². The second-order valence-corrected chi connectivity index (χ2v) is 12.0. The summed E-state index contributed by atoms with van der Waals surface area (Å²) < 4.78 is 94.0. The van der Waals surface area contributed by atoms with E-state index in [2.05, 4.69) is 5.43 Å². The first-order valence-corrected chi connectivity index (χ1v) is 14.3. The number of allylic oxidation sites excluding steroid dienone is 3. The van der Waals surface area contributed by atoms with Crippen molar-refractivity contribution in [2.45, 2.75) is 32.4 Å². The highest BCUT2D eigenvalue weighted by molar-refractivity contribution is 7.89. The SMILES string of the molecule is C[C@H]1C2=CNN(c3ccc(F)cc3)C2=CC2=C1[C@@H](CN(CCc1ccccc1F)S(=O)(=O)CC(F)(F)F)CC2. The number of benzene rings is 2. The van der Waals surface area contributed by atoms with Crippen LogP contribution in [0.4, 0.5) is 27.6 Å². The average molecular weight is 566 g/mol. The summed E-state index contributed by atoms with van der Waals surface area (Å²) in [5.74, 6) is -3.22. The molecule has 11 heteroatoms. The summed E-state index contributed by atoms with van der Waals surface area (Å²) in [6, 6.07) is 11.9. The normalized spacial score (nSPS) is 21.1. The fourth-order valence-electron chi connectivity index (χ4n) is 5.74. The van der Waals surface area contributed by atoms with Gasteiger partial charge in [0.1, 0.15) is 11.6 Å². The summed E-state index contributed by atoms with van der Waals surface area (Å²) in [7, 11) is -4.69. The van der Waals surface area contributed by atoms with Gasteiger partial charge in [0.2, 0.25) is 10.0 Å². The van der Waals surface area contributed by atoms with E-state index in [1.165, 1.54) is 30.3 Å². The monoisotopic (exact) mass is 565 g/mol. The lowest BCUT2D eigenvalue weighted by molar-refractivity contribution is -0.107. The average Bonchev–Trinajstić information content (AvgIpc) is 3.46. The first-order valence-electron chi connectivity index (χ1n) is 12.7. The number of halogens is 5. The minimum Gasteiger partial charge on any atom is -0.301 e. The van der Waals surface area contributed by atoms with Crippen molar-refractivity contribution in [1.82, 2.24) is 9.73 Å². The molecule has 5 nitrogen and oxygen atoms in total. The van der Waals surface area contributed by atoms with E-state index < -0.39 is 27.8 Å². The number of sulfonamides is 1. The maximum atomic E-state index is 14.2. The Bertz CT molecular complexity index is 1450. The van der Waals surface area contributed by atoms with Crippen LogP contribution in [0.3, 0.4) is 0 Å². The molecule has 1 aliphatic heterocycles. The highest BCUT2D eigenvalue weighted by Crippen LogP contribution is 2.48. The zero-order valence-corrected chi connectivity index (χ0v) is 22.0. The maximum Gasteiger partial charge on any atom is 0.404 e. The molecular weight excluding hydrogens is 537 g/mol. The van der Waals surface area contributed by atoms with Crippen LogP contribution in [0, 0.1) is 23.5 Å². The van der Waals surface area contributed by atoms with E-state index in [0.29, 0.717) is 12.8 Å². The molecule has 1 N–H and O–H groups in total. The minimum atomic E-state index is -4.89. The van der Waals surface area contributed by atoms with E-state index in [9.17, 15) is 30.4 Å². The van der Waals surface area contributed by atoms with E-state index in [4.69, 9.17) is 0 Å². The van der Waals surface area contributed by atoms with Crippen LogP contribution in [0.15, 0.2) is 83.2 Å². The minimum absolute atomic E-state index is 0.0380. The number of alkyl halides is 3. The maximum absolute atomic E-state index is 14.2. The van der Waals surface area contributed by atoms with E-state index >= 15 is 0 Å². The van der Waals surface area contributed by atoms with Gasteiger partial charge in [-0.2, -0.15) is 13.2 Å². The summed E-state index contributed by atoms with van der Waals surface area (Å²) in [6.45, 7) is 1.63. The molecule has 1 heterocycles. The van der Waals surface area contributed by atoms with Gasteiger partial charge in [-0.15, -0.1) is 0 Å². The first kappa shape index (κ1) is 27.4. The predicted octanol–water partition coefficient (Wildman–Crippen LogP) is 5.85. The summed E-state index contributed by atoms with van der Waals surface area (Å²) >= 11 is 0. The van der Waals surface area contributed by atoms with E-state index in [0.717, 1.165) is 32.4 Å². The molecule has 0 bridgehead atoms.